The van der Waals surface area contributed by atoms with Crippen molar-refractivity contribution in [3.63, 3.8) is 0 Å². The first kappa shape index (κ1) is 9.82. The normalized spacial score (nSPS) is 25.9. The molecular weight excluding hydrogens is 192 g/mol. The van der Waals surface area contributed by atoms with Crippen molar-refractivity contribution in [2.24, 2.45) is 25.7 Å². The summed E-state index contributed by atoms with van der Waals surface area (Å²) in [5.74, 6) is 1.72. The third-order valence-electron chi connectivity index (χ3n) is 2.19. The van der Waals surface area contributed by atoms with Gasteiger partial charge in [0.15, 0.2) is 11.9 Å². The minimum Gasteiger partial charge on any atom is -0.369 e. The number of fused-ring (bicyclic) bond motifs is 1. The van der Waals surface area contributed by atoms with E-state index in [2.05, 4.69) is 32.2 Å². The molecule has 0 spiro atoms. The summed E-state index contributed by atoms with van der Waals surface area (Å²) in [4.78, 5) is 16.7. The summed E-state index contributed by atoms with van der Waals surface area (Å²) in [5, 5.41) is 2.87. The van der Waals surface area contributed by atoms with Gasteiger partial charge in [-0.3, -0.25) is 9.98 Å². The molecule has 3 N–H and O–H groups in total. The Hall–Kier alpha value is -1.72. The molecule has 0 aromatic rings. The van der Waals surface area contributed by atoms with Crippen molar-refractivity contribution in [3.05, 3.63) is 0 Å². The fourth-order valence-corrected chi connectivity index (χ4v) is 1.41. The van der Waals surface area contributed by atoms with Crippen LogP contribution in [0.4, 0.5) is 0 Å². The van der Waals surface area contributed by atoms with E-state index < -0.39 is 0 Å². The number of rotatable bonds is 3. The van der Waals surface area contributed by atoms with Crippen LogP contribution in [-0.2, 0) is 0 Å². The molecule has 1 atom stereocenters. The van der Waals surface area contributed by atoms with Gasteiger partial charge in [-0.25, -0.2) is 4.99 Å². The summed E-state index contributed by atoms with van der Waals surface area (Å²) in [5.41, 5.74) is 5.61. The largest absolute Gasteiger partial charge is 0.369 e. The van der Waals surface area contributed by atoms with Crippen LogP contribution in [0, 0.1) is 0 Å². The van der Waals surface area contributed by atoms with Gasteiger partial charge in [-0.05, 0) is 6.42 Å². The molecular formula is C9H14N6. The van der Waals surface area contributed by atoms with E-state index in [1.54, 1.807) is 0 Å². The van der Waals surface area contributed by atoms with Gasteiger partial charge in [0, 0.05) is 6.54 Å². The third kappa shape index (κ3) is 2.03. The second-order valence-electron chi connectivity index (χ2n) is 3.40. The number of unbranched alkanes of at least 4 members (excludes halogenated alkanes) is 1. The summed E-state index contributed by atoms with van der Waals surface area (Å²) in [7, 11) is 0. The summed E-state index contributed by atoms with van der Waals surface area (Å²) >= 11 is 0. The number of hydrogen-bond donors (Lipinski definition) is 2. The van der Waals surface area contributed by atoms with Crippen molar-refractivity contribution in [2.45, 2.75) is 25.8 Å². The maximum atomic E-state index is 5.61. The van der Waals surface area contributed by atoms with Gasteiger partial charge < -0.3 is 11.1 Å². The van der Waals surface area contributed by atoms with Crippen LogP contribution in [-0.4, -0.2) is 36.6 Å². The zero-order chi connectivity index (χ0) is 10.7. The Morgan fingerprint density at radius 3 is 3.27 bits per heavy atom. The van der Waals surface area contributed by atoms with Crippen LogP contribution in [0.5, 0.6) is 0 Å². The minimum atomic E-state index is -0.172. The fourth-order valence-electron chi connectivity index (χ4n) is 1.41. The van der Waals surface area contributed by atoms with Crippen LogP contribution in [0.15, 0.2) is 20.0 Å². The summed E-state index contributed by atoms with van der Waals surface area (Å²) in [6.07, 6.45) is 3.68. The molecule has 0 saturated carbocycles. The van der Waals surface area contributed by atoms with E-state index in [-0.39, 0.29) is 6.04 Å². The van der Waals surface area contributed by atoms with E-state index in [0.29, 0.717) is 11.8 Å². The molecule has 0 aromatic carbocycles. The van der Waals surface area contributed by atoms with Crippen LogP contribution in [0.3, 0.4) is 0 Å². The first-order valence-corrected chi connectivity index (χ1v) is 5.06. The Labute approximate surface area is 88.1 Å². The molecule has 0 radical (unpaired) electrons. The van der Waals surface area contributed by atoms with Crippen molar-refractivity contribution in [3.8, 4) is 0 Å². The highest BCUT2D eigenvalue weighted by molar-refractivity contribution is 6.24. The average molecular weight is 206 g/mol. The van der Waals surface area contributed by atoms with Gasteiger partial charge in [-0.2, -0.15) is 4.99 Å². The molecule has 0 aromatic heterocycles. The lowest BCUT2D eigenvalue weighted by molar-refractivity contribution is 0.802. The van der Waals surface area contributed by atoms with Gasteiger partial charge in [0.1, 0.15) is 12.2 Å². The molecule has 0 saturated heterocycles. The number of nitrogens with zero attached hydrogens (tertiary/aromatic N) is 4. The number of guanidine groups is 1. The maximum Gasteiger partial charge on any atom is 0.200 e. The predicted octanol–water partition coefficient (Wildman–Crippen LogP) is -0.0881. The summed E-state index contributed by atoms with van der Waals surface area (Å²) < 4.78 is 0. The lowest BCUT2D eigenvalue weighted by Crippen LogP contribution is -2.48. The standard InChI is InChI=1S/C9H14N6/c1-2-3-4-11-7-6-8(13-5-12-6)15-9(10)14-7/h5-6H,2-4H2,1H3,(H3,10,11,12,13,14,15). The predicted molar refractivity (Wildman–Crippen MR) is 61.7 cm³/mol. The lowest BCUT2D eigenvalue weighted by Gasteiger charge is -2.18. The van der Waals surface area contributed by atoms with Crippen LogP contribution in [0.1, 0.15) is 19.8 Å². The summed E-state index contributed by atoms with van der Waals surface area (Å²) in [6, 6.07) is -0.172. The number of nitrogens with two attached hydrogens (primary N) is 1. The molecule has 6 heteroatoms. The molecule has 2 aliphatic rings. The van der Waals surface area contributed by atoms with Gasteiger partial charge in [-0.15, -0.1) is 0 Å². The highest BCUT2D eigenvalue weighted by atomic mass is 15.2. The quantitative estimate of drug-likeness (QED) is 0.632. The van der Waals surface area contributed by atoms with Crippen LogP contribution in [0.2, 0.25) is 0 Å². The molecule has 2 rings (SSSR count). The lowest BCUT2D eigenvalue weighted by atomic mass is 10.2. The topological polar surface area (TPSA) is 87.5 Å². The maximum absolute atomic E-state index is 5.61. The van der Waals surface area contributed by atoms with Gasteiger partial charge >= 0.3 is 0 Å². The van der Waals surface area contributed by atoms with Crippen molar-refractivity contribution in [1.29, 1.82) is 0 Å². The molecule has 0 bridgehead atoms. The molecule has 0 amide bonds. The molecule has 6 nitrogen and oxygen atoms in total. The van der Waals surface area contributed by atoms with Crippen LogP contribution >= 0.6 is 0 Å². The Balaban J connectivity index is 2.15. The second-order valence-corrected chi connectivity index (χ2v) is 3.40. The van der Waals surface area contributed by atoms with E-state index in [1.165, 1.54) is 6.34 Å². The van der Waals surface area contributed by atoms with Gasteiger partial charge in [-0.1, -0.05) is 13.3 Å². The number of nitrogens with one attached hydrogen (secondary N) is 1. The molecule has 0 fully saturated rings. The molecule has 2 aliphatic heterocycles. The van der Waals surface area contributed by atoms with Crippen molar-refractivity contribution < 1.29 is 0 Å². The Morgan fingerprint density at radius 1 is 1.60 bits per heavy atom. The first-order chi connectivity index (χ1) is 7.31. The highest BCUT2D eigenvalue weighted by Crippen LogP contribution is 2.08. The minimum absolute atomic E-state index is 0.172. The highest BCUT2D eigenvalue weighted by Gasteiger charge is 2.28. The number of aliphatic imine (C=N–C) groups is 4. The third-order valence-corrected chi connectivity index (χ3v) is 2.19. The zero-order valence-electron chi connectivity index (χ0n) is 8.64. The van der Waals surface area contributed by atoms with E-state index in [0.717, 1.165) is 25.2 Å². The first-order valence-electron chi connectivity index (χ1n) is 5.06. The number of amidine groups is 2. The zero-order valence-corrected chi connectivity index (χ0v) is 8.64. The SMILES string of the molecule is CCCCN=C1N=C(N)NC2=NC=NC12. The Bertz CT molecular complexity index is 365. The van der Waals surface area contributed by atoms with E-state index in [9.17, 15) is 0 Å². The van der Waals surface area contributed by atoms with Gasteiger partial charge in [0.2, 0.25) is 5.96 Å². The Morgan fingerprint density at radius 2 is 2.47 bits per heavy atom. The van der Waals surface area contributed by atoms with Gasteiger partial charge in [0.25, 0.3) is 0 Å². The summed E-state index contributed by atoms with van der Waals surface area (Å²) in [6.45, 7) is 2.89. The van der Waals surface area contributed by atoms with E-state index in [4.69, 9.17) is 5.73 Å². The van der Waals surface area contributed by atoms with Crippen molar-refractivity contribution in [2.75, 3.05) is 6.54 Å². The molecule has 15 heavy (non-hydrogen) atoms. The van der Waals surface area contributed by atoms with Gasteiger partial charge in [0.05, 0.1) is 0 Å². The molecule has 2 heterocycles. The smallest absolute Gasteiger partial charge is 0.200 e. The van der Waals surface area contributed by atoms with Crippen molar-refractivity contribution in [1.82, 2.24) is 5.32 Å². The Kier molecular flexibility index (Phi) is 2.75. The van der Waals surface area contributed by atoms with Crippen LogP contribution in [0.25, 0.3) is 0 Å². The molecule has 80 valence electrons. The van der Waals surface area contributed by atoms with Crippen LogP contribution < -0.4 is 11.1 Å². The second kappa shape index (κ2) is 4.20. The number of hydrogen-bond acceptors (Lipinski definition) is 5. The fraction of sp³-hybridized carbons (Fsp3) is 0.556. The molecule has 0 aliphatic carbocycles. The average Bonchev–Trinajstić information content (AvgIpc) is 2.65. The molecule has 1 unspecified atom stereocenters. The van der Waals surface area contributed by atoms with E-state index in [1.807, 2.05) is 0 Å². The van der Waals surface area contributed by atoms with Crippen molar-refractivity contribution >= 4 is 24.0 Å². The van der Waals surface area contributed by atoms with E-state index >= 15 is 0 Å². The monoisotopic (exact) mass is 206 g/mol.